The largest absolute Gasteiger partial charge is 0.477 e. The Balaban J connectivity index is 1.40. The van der Waals surface area contributed by atoms with Gasteiger partial charge < -0.3 is 30.4 Å². The summed E-state index contributed by atoms with van der Waals surface area (Å²) < 4.78 is 0. The van der Waals surface area contributed by atoms with Crippen LogP contribution in [0, 0.1) is 11.8 Å². The van der Waals surface area contributed by atoms with Crippen molar-refractivity contribution >= 4 is 46.0 Å². The molecule has 4 rings (SSSR count). The predicted octanol–water partition coefficient (Wildman–Crippen LogP) is 0.329. The van der Waals surface area contributed by atoms with Gasteiger partial charge >= 0.3 is 5.97 Å². The maximum absolute atomic E-state index is 12.4. The summed E-state index contributed by atoms with van der Waals surface area (Å²) in [6.07, 6.45) is -0.818. The van der Waals surface area contributed by atoms with Gasteiger partial charge in [0.25, 0.3) is 5.91 Å². The maximum atomic E-state index is 12.4. The summed E-state index contributed by atoms with van der Waals surface area (Å²) in [7, 11) is 0. The van der Waals surface area contributed by atoms with E-state index in [9.17, 15) is 24.6 Å². The highest BCUT2D eigenvalue weighted by molar-refractivity contribution is 8.03. The minimum atomic E-state index is -1.12. The number of thioether (sulfide) groups is 1. The number of carbonyl (C=O) groups is 3. The lowest BCUT2D eigenvalue weighted by Crippen LogP contribution is -2.63. The van der Waals surface area contributed by atoms with E-state index in [1.54, 1.807) is 19.2 Å². The number of aliphatic hydroxyl groups is 2. The molecule has 3 aliphatic rings. The van der Waals surface area contributed by atoms with Crippen molar-refractivity contribution in [1.82, 2.24) is 15.2 Å². The summed E-state index contributed by atoms with van der Waals surface area (Å²) in [6.45, 7) is 6.32. The van der Waals surface area contributed by atoms with Crippen LogP contribution in [0.25, 0.3) is 0 Å². The van der Waals surface area contributed by atoms with Crippen molar-refractivity contribution < 1.29 is 29.7 Å². The first-order valence-electron chi connectivity index (χ1n) is 10.4. The highest BCUT2D eigenvalue weighted by Crippen LogP contribution is 2.52. The van der Waals surface area contributed by atoms with E-state index in [0.29, 0.717) is 28.8 Å². The number of aliphatic hydroxyl groups excluding tert-OH is 2. The number of β-lactam (4-membered cyclic amide) rings is 1. The van der Waals surface area contributed by atoms with Gasteiger partial charge in [0.15, 0.2) is 5.13 Å². The number of fused-ring (bicyclic) bond motifs is 1. The molecule has 3 aliphatic heterocycles. The summed E-state index contributed by atoms with van der Waals surface area (Å²) in [5.41, 5.74) is 0.341. The number of carbonyl (C=O) groups excluding carboxylic acids is 2. The lowest BCUT2D eigenvalue weighted by atomic mass is 9.79. The molecule has 1 aromatic rings. The van der Waals surface area contributed by atoms with E-state index in [1.807, 2.05) is 11.8 Å². The van der Waals surface area contributed by atoms with Gasteiger partial charge in [-0.1, -0.05) is 6.92 Å². The monoisotopic (exact) mass is 482 g/mol. The predicted molar refractivity (Wildman–Crippen MR) is 119 cm³/mol. The molecular formula is C20H26N4O6S2. The molecule has 4 heterocycles. The molecule has 1 aromatic heterocycles. The zero-order valence-electron chi connectivity index (χ0n) is 17.9. The van der Waals surface area contributed by atoms with Crippen molar-refractivity contribution in [3.8, 4) is 0 Å². The van der Waals surface area contributed by atoms with Gasteiger partial charge in [-0.2, -0.15) is 0 Å². The molecule has 2 saturated heterocycles. The molecule has 0 saturated carbocycles. The quantitative estimate of drug-likeness (QED) is 0.385. The van der Waals surface area contributed by atoms with Crippen molar-refractivity contribution in [3.63, 3.8) is 0 Å². The number of hydrogen-bond acceptors (Lipinski definition) is 9. The number of nitrogens with one attached hydrogen (secondary N) is 1. The molecular weight excluding hydrogens is 456 g/mol. The van der Waals surface area contributed by atoms with Crippen LogP contribution in [0.15, 0.2) is 16.0 Å². The Hall–Kier alpha value is -2.15. The van der Waals surface area contributed by atoms with Crippen LogP contribution in [0.4, 0.5) is 5.13 Å². The van der Waals surface area contributed by atoms with Crippen LogP contribution >= 0.6 is 23.1 Å². The second-order valence-corrected chi connectivity index (χ2v) is 10.7. The first kappa shape index (κ1) is 23.0. The van der Waals surface area contributed by atoms with E-state index in [4.69, 9.17) is 5.11 Å². The normalized spacial score (nSPS) is 27.0. The molecule has 0 bridgehead atoms. The second-order valence-electron chi connectivity index (χ2n) is 8.49. The molecule has 12 heteroatoms. The minimum Gasteiger partial charge on any atom is -0.477 e. The van der Waals surface area contributed by atoms with E-state index < -0.39 is 18.0 Å². The molecule has 0 aromatic carbocycles. The van der Waals surface area contributed by atoms with Crippen LogP contribution in [0.2, 0.25) is 0 Å². The molecule has 174 valence electrons. The van der Waals surface area contributed by atoms with E-state index in [0.717, 1.165) is 0 Å². The Morgan fingerprint density at radius 1 is 1.38 bits per heavy atom. The Morgan fingerprint density at radius 3 is 2.66 bits per heavy atom. The fourth-order valence-corrected chi connectivity index (χ4v) is 6.73. The lowest BCUT2D eigenvalue weighted by molar-refractivity contribution is -0.163. The van der Waals surface area contributed by atoms with Gasteiger partial charge in [-0.15, -0.1) is 23.1 Å². The molecule has 0 spiro atoms. The van der Waals surface area contributed by atoms with Gasteiger partial charge in [0.2, 0.25) is 5.91 Å². The van der Waals surface area contributed by atoms with Crippen molar-refractivity contribution in [3.05, 3.63) is 21.7 Å². The van der Waals surface area contributed by atoms with E-state index in [2.05, 4.69) is 10.3 Å². The molecule has 5 atom stereocenters. The van der Waals surface area contributed by atoms with Gasteiger partial charge in [0.05, 0.1) is 24.7 Å². The molecule has 0 radical (unpaired) electrons. The summed E-state index contributed by atoms with van der Waals surface area (Å²) in [5.74, 6) is -2.50. The van der Waals surface area contributed by atoms with Crippen molar-refractivity contribution in [1.29, 1.82) is 0 Å². The number of thiazole rings is 1. The molecule has 2 fully saturated rings. The third-order valence-corrected chi connectivity index (χ3v) is 8.45. The maximum Gasteiger partial charge on any atom is 0.353 e. The van der Waals surface area contributed by atoms with E-state index in [-0.39, 0.29) is 47.4 Å². The van der Waals surface area contributed by atoms with Gasteiger partial charge in [0, 0.05) is 40.6 Å². The smallest absolute Gasteiger partial charge is 0.353 e. The number of carboxylic acid groups (broad SMARTS) is 1. The topological polar surface area (TPSA) is 143 Å². The zero-order valence-corrected chi connectivity index (χ0v) is 19.5. The van der Waals surface area contributed by atoms with Gasteiger partial charge in [-0.25, -0.2) is 9.78 Å². The van der Waals surface area contributed by atoms with Crippen LogP contribution < -0.4 is 10.2 Å². The summed E-state index contributed by atoms with van der Waals surface area (Å²) >= 11 is 2.83. The number of amides is 2. The van der Waals surface area contributed by atoms with E-state index in [1.165, 1.54) is 28.0 Å². The number of anilines is 1. The third-order valence-electron chi connectivity index (χ3n) is 6.10. The second kappa shape index (κ2) is 8.65. The highest BCUT2D eigenvalue weighted by Gasteiger charge is 2.60. The third kappa shape index (κ3) is 3.78. The first-order valence-corrected chi connectivity index (χ1v) is 12.2. The highest BCUT2D eigenvalue weighted by atomic mass is 32.2. The Kier molecular flexibility index (Phi) is 6.23. The Morgan fingerprint density at radius 2 is 2.06 bits per heavy atom. The fraction of sp³-hybridized carbons (Fsp3) is 0.600. The minimum absolute atomic E-state index is 0.0408. The zero-order chi connectivity index (χ0) is 23.3. The van der Waals surface area contributed by atoms with Crippen LogP contribution in [-0.2, 0) is 9.59 Å². The SMILES string of the molecule is C[C@@H](CO)NC(=O)c1csc(N2CC(SC3=C(C(=O)O)N4C(=O)C([C@@H](C)O)C4[C@H]3C)C2)n1. The van der Waals surface area contributed by atoms with Crippen LogP contribution in [0.3, 0.4) is 0 Å². The molecule has 2 unspecified atom stereocenters. The average Bonchev–Trinajstić information content (AvgIpc) is 3.26. The van der Waals surface area contributed by atoms with Crippen molar-refractivity contribution in [2.45, 2.75) is 44.2 Å². The summed E-state index contributed by atoms with van der Waals surface area (Å²) in [4.78, 5) is 44.9. The number of carboxylic acids is 1. The molecule has 10 nitrogen and oxygen atoms in total. The lowest BCUT2D eigenvalue weighted by Gasteiger charge is -2.46. The number of aromatic nitrogens is 1. The number of aliphatic carboxylic acids is 1. The Labute approximate surface area is 193 Å². The molecule has 32 heavy (non-hydrogen) atoms. The summed E-state index contributed by atoms with van der Waals surface area (Å²) in [5, 5.41) is 33.9. The van der Waals surface area contributed by atoms with Crippen molar-refractivity contribution in [2.75, 3.05) is 24.6 Å². The number of nitrogens with zero attached hydrogens (tertiary/aromatic N) is 3. The molecule has 2 amide bonds. The van der Waals surface area contributed by atoms with Crippen molar-refractivity contribution in [2.24, 2.45) is 11.8 Å². The van der Waals surface area contributed by atoms with Crippen LogP contribution in [0.5, 0.6) is 0 Å². The Bertz CT molecular complexity index is 973. The van der Waals surface area contributed by atoms with Crippen LogP contribution in [-0.4, -0.2) is 86.1 Å². The fourth-order valence-electron chi connectivity index (χ4n) is 4.38. The average molecular weight is 483 g/mol. The number of rotatable bonds is 8. The summed E-state index contributed by atoms with van der Waals surface area (Å²) in [6, 6.07) is -0.664. The first-order chi connectivity index (χ1) is 15.1. The van der Waals surface area contributed by atoms with Crippen LogP contribution in [0.1, 0.15) is 31.3 Å². The van der Waals surface area contributed by atoms with Gasteiger partial charge in [-0.05, 0) is 13.8 Å². The van der Waals surface area contributed by atoms with Gasteiger partial charge in [-0.3, -0.25) is 9.59 Å². The van der Waals surface area contributed by atoms with E-state index >= 15 is 0 Å². The molecule has 4 N–H and O–H groups in total. The number of hydrogen-bond donors (Lipinski definition) is 4. The molecule has 0 aliphatic carbocycles. The van der Waals surface area contributed by atoms with Gasteiger partial charge in [0.1, 0.15) is 11.4 Å². The standard InChI is InChI=1S/C20H26N4O6S2/c1-8(6-25)21-17(27)12-7-31-20(22-12)23-4-11(5-23)32-16-9(2)14-13(10(3)26)18(28)24(14)15(16)19(29)30/h7-11,13-14,25-26H,4-6H2,1-3H3,(H,21,27)(H,29,30)/t8-,9+,10+,13?,14?/m0/s1.